The second-order valence-electron chi connectivity index (χ2n) is 7.18. The molecule has 0 bridgehead atoms. The molecular formula is C20H26N2O5S. The zero-order valence-corrected chi connectivity index (χ0v) is 17.2. The van der Waals surface area contributed by atoms with Crippen molar-refractivity contribution in [2.75, 3.05) is 25.2 Å². The first kappa shape index (κ1) is 21.8. The number of hydrogen-bond donors (Lipinski definition) is 1. The molecule has 1 aromatic carbocycles. The molecule has 7 nitrogen and oxygen atoms in total. The van der Waals surface area contributed by atoms with Gasteiger partial charge >= 0.3 is 0 Å². The zero-order valence-electron chi connectivity index (χ0n) is 16.4. The van der Waals surface area contributed by atoms with E-state index in [-0.39, 0.29) is 17.1 Å². The lowest BCUT2D eigenvalue weighted by Gasteiger charge is -2.13. The molecule has 1 aromatic rings. The Morgan fingerprint density at radius 3 is 2.71 bits per heavy atom. The fraction of sp³-hybridized carbons (Fsp3) is 0.500. The number of nitrogens with zero attached hydrogens (tertiary/aromatic N) is 1. The normalized spacial score (nSPS) is 18.5. The van der Waals surface area contributed by atoms with E-state index in [9.17, 15) is 18.5 Å². The molecular weight excluding hydrogens is 380 g/mol. The highest BCUT2D eigenvalue weighted by Gasteiger charge is 2.29. The number of hydrogen-bond acceptors (Lipinski definition) is 6. The Labute approximate surface area is 166 Å². The van der Waals surface area contributed by atoms with Gasteiger partial charge in [0.15, 0.2) is 21.3 Å². The van der Waals surface area contributed by atoms with Gasteiger partial charge < -0.3 is 14.8 Å². The Morgan fingerprint density at radius 2 is 2.14 bits per heavy atom. The predicted octanol–water partition coefficient (Wildman–Crippen LogP) is 2.33. The van der Waals surface area contributed by atoms with Crippen LogP contribution in [0.2, 0.25) is 0 Å². The Hall–Kier alpha value is -2.53. The van der Waals surface area contributed by atoms with Crippen LogP contribution in [-0.2, 0) is 14.6 Å². The van der Waals surface area contributed by atoms with Crippen LogP contribution in [0.25, 0.3) is 6.08 Å². The van der Waals surface area contributed by atoms with Crippen molar-refractivity contribution in [1.29, 1.82) is 5.26 Å². The molecule has 0 radical (unpaired) electrons. The molecule has 1 fully saturated rings. The van der Waals surface area contributed by atoms with Crippen LogP contribution >= 0.6 is 0 Å². The first-order valence-electron chi connectivity index (χ1n) is 9.18. The van der Waals surface area contributed by atoms with Crippen LogP contribution in [0.15, 0.2) is 23.8 Å². The SMILES string of the molecule is COc1cc(C=C(C#N)C(=O)NC2CCS(=O)(=O)C2)ccc1OCCC(C)C. The van der Waals surface area contributed by atoms with E-state index in [2.05, 4.69) is 19.2 Å². The number of carbonyl (C=O) groups is 1. The van der Waals surface area contributed by atoms with Crippen molar-refractivity contribution < 1.29 is 22.7 Å². The van der Waals surface area contributed by atoms with Crippen molar-refractivity contribution in [3.63, 3.8) is 0 Å². The molecule has 0 spiro atoms. The smallest absolute Gasteiger partial charge is 0.262 e. The summed E-state index contributed by atoms with van der Waals surface area (Å²) in [6, 6.07) is 6.57. The third-order valence-electron chi connectivity index (χ3n) is 4.38. The number of rotatable bonds is 8. The van der Waals surface area contributed by atoms with Crippen LogP contribution < -0.4 is 14.8 Å². The lowest BCUT2D eigenvalue weighted by atomic mass is 10.1. The minimum Gasteiger partial charge on any atom is -0.493 e. The van der Waals surface area contributed by atoms with E-state index in [1.807, 2.05) is 6.07 Å². The molecule has 2 rings (SSSR count). The van der Waals surface area contributed by atoms with Gasteiger partial charge in [-0.05, 0) is 42.5 Å². The summed E-state index contributed by atoms with van der Waals surface area (Å²) >= 11 is 0. The maximum absolute atomic E-state index is 12.3. The van der Waals surface area contributed by atoms with Crippen molar-refractivity contribution in [3.8, 4) is 17.6 Å². The van der Waals surface area contributed by atoms with Crippen molar-refractivity contribution in [2.24, 2.45) is 5.92 Å². The van der Waals surface area contributed by atoms with E-state index in [1.54, 1.807) is 18.2 Å². The summed E-state index contributed by atoms with van der Waals surface area (Å²) in [6.07, 6.45) is 2.72. The Bertz CT molecular complexity index is 884. The van der Waals surface area contributed by atoms with Gasteiger partial charge in [0, 0.05) is 6.04 Å². The van der Waals surface area contributed by atoms with Crippen LogP contribution in [0.1, 0.15) is 32.3 Å². The van der Waals surface area contributed by atoms with Gasteiger partial charge in [-0.25, -0.2) is 8.42 Å². The number of carbonyl (C=O) groups excluding carboxylic acids is 1. The first-order valence-corrected chi connectivity index (χ1v) is 11.0. The fourth-order valence-corrected chi connectivity index (χ4v) is 4.46. The second kappa shape index (κ2) is 9.60. The van der Waals surface area contributed by atoms with E-state index < -0.39 is 21.8 Å². The largest absolute Gasteiger partial charge is 0.493 e. The summed E-state index contributed by atoms with van der Waals surface area (Å²) in [4.78, 5) is 12.3. The van der Waals surface area contributed by atoms with E-state index in [4.69, 9.17) is 9.47 Å². The molecule has 1 atom stereocenters. The van der Waals surface area contributed by atoms with Gasteiger partial charge in [0.1, 0.15) is 11.6 Å². The maximum atomic E-state index is 12.3. The Kier molecular flexibility index (Phi) is 7.46. The Morgan fingerprint density at radius 1 is 1.39 bits per heavy atom. The van der Waals surface area contributed by atoms with Gasteiger partial charge in [-0.15, -0.1) is 0 Å². The number of benzene rings is 1. The monoisotopic (exact) mass is 406 g/mol. The summed E-state index contributed by atoms with van der Waals surface area (Å²) in [6.45, 7) is 4.80. The molecule has 152 valence electrons. The molecule has 1 aliphatic rings. The number of ether oxygens (including phenoxy) is 2. The summed E-state index contributed by atoms with van der Waals surface area (Å²) in [7, 11) is -1.58. The lowest BCUT2D eigenvalue weighted by Crippen LogP contribution is -2.36. The summed E-state index contributed by atoms with van der Waals surface area (Å²) in [5, 5.41) is 11.9. The van der Waals surface area contributed by atoms with Gasteiger partial charge in [0.25, 0.3) is 5.91 Å². The third kappa shape index (κ3) is 6.27. The van der Waals surface area contributed by atoms with E-state index in [0.717, 1.165) is 6.42 Å². The molecule has 0 saturated carbocycles. The number of sulfone groups is 1. The van der Waals surface area contributed by atoms with Crippen LogP contribution in [0.5, 0.6) is 11.5 Å². The van der Waals surface area contributed by atoms with Gasteiger partial charge in [-0.2, -0.15) is 5.26 Å². The molecule has 28 heavy (non-hydrogen) atoms. The highest BCUT2D eigenvalue weighted by atomic mass is 32.2. The molecule has 0 aliphatic carbocycles. The van der Waals surface area contributed by atoms with Crippen molar-refractivity contribution in [3.05, 3.63) is 29.3 Å². The highest BCUT2D eigenvalue weighted by molar-refractivity contribution is 7.91. The minimum atomic E-state index is -3.11. The van der Waals surface area contributed by atoms with E-state index in [1.165, 1.54) is 13.2 Å². The number of amides is 1. The van der Waals surface area contributed by atoms with Crippen LogP contribution in [0.4, 0.5) is 0 Å². The third-order valence-corrected chi connectivity index (χ3v) is 6.15. The highest BCUT2D eigenvalue weighted by Crippen LogP contribution is 2.29. The van der Waals surface area contributed by atoms with Crippen LogP contribution in [-0.4, -0.2) is 45.6 Å². The van der Waals surface area contributed by atoms with Crippen molar-refractivity contribution >= 4 is 21.8 Å². The first-order chi connectivity index (χ1) is 13.2. The number of methoxy groups -OCH3 is 1. The van der Waals surface area contributed by atoms with E-state index in [0.29, 0.717) is 36.0 Å². The van der Waals surface area contributed by atoms with Crippen molar-refractivity contribution in [1.82, 2.24) is 5.32 Å². The second-order valence-corrected chi connectivity index (χ2v) is 9.41. The minimum absolute atomic E-state index is 0.0546. The summed E-state index contributed by atoms with van der Waals surface area (Å²) in [5.74, 6) is 1.02. The van der Waals surface area contributed by atoms with Gasteiger partial charge in [-0.3, -0.25) is 4.79 Å². The van der Waals surface area contributed by atoms with Gasteiger partial charge in [-0.1, -0.05) is 19.9 Å². The molecule has 0 aromatic heterocycles. The molecule has 1 saturated heterocycles. The van der Waals surface area contributed by atoms with Gasteiger partial charge in [0.2, 0.25) is 0 Å². The predicted molar refractivity (Wildman–Crippen MR) is 107 cm³/mol. The fourth-order valence-electron chi connectivity index (χ4n) is 2.79. The molecule has 1 aliphatic heterocycles. The van der Waals surface area contributed by atoms with E-state index >= 15 is 0 Å². The van der Waals surface area contributed by atoms with Gasteiger partial charge in [0.05, 0.1) is 25.2 Å². The lowest BCUT2D eigenvalue weighted by molar-refractivity contribution is -0.117. The molecule has 1 N–H and O–H groups in total. The van der Waals surface area contributed by atoms with Crippen LogP contribution in [0, 0.1) is 17.2 Å². The number of nitriles is 1. The Balaban J connectivity index is 2.10. The topological polar surface area (TPSA) is 105 Å². The number of nitrogens with one attached hydrogen (secondary N) is 1. The standard InChI is InChI=1S/C20H26N2O5S/c1-14(2)6-8-27-18-5-4-15(11-19(18)26-3)10-16(12-21)20(23)22-17-7-9-28(24,25)13-17/h4-5,10-11,14,17H,6-9,13H2,1-3H3,(H,22,23). The zero-order chi connectivity index (χ0) is 20.7. The maximum Gasteiger partial charge on any atom is 0.262 e. The molecule has 1 heterocycles. The summed E-state index contributed by atoms with van der Waals surface area (Å²) in [5.41, 5.74) is 0.513. The molecule has 1 unspecified atom stereocenters. The van der Waals surface area contributed by atoms with Crippen molar-refractivity contribution in [2.45, 2.75) is 32.7 Å². The molecule has 1 amide bonds. The van der Waals surface area contributed by atoms with Crippen LogP contribution in [0.3, 0.4) is 0 Å². The molecule has 8 heteroatoms. The summed E-state index contributed by atoms with van der Waals surface area (Å²) < 4.78 is 34.1. The average molecular weight is 407 g/mol. The average Bonchev–Trinajstić information content (AvgIpc) is 2.98. The quantitative estimate of drug-likeness (QED) is 0.525.